The second-order valence-corrected chi connectivity index (χ2v) is 8.92. The van der Waals surface area contributed by atoms with Crippen molar-refractivity contribution in [3.8, 4) is 0 Å². The summed E-state index contributed by atoms with van der Waals surface area (Å²) >= 11 is 0. The van der Waals surface area contributed by atoms with Crippen LogP contribution in [0.25, 0.3) is 11.2 Å². The zero-order valence-electron chi connectivity index (χ0n) is 15.2. The van der Waals surface area contributed by atoms with Gasteiger partial charge in [-0.05, 0) is 12.5 Å². The fourth-order valence-electron chi connectivity index (χ4n) is 2.46. The molecule has 3 rings (SSSR count). The number of nitrogen functional groups attached to an aromatic ring is 1. The highest BCUT2D eigenvalue weighted by atomic mass is 31.2. The molecular weight excluding hydrogens is 369 g/mol. The van der Waals surface area contributed by atoms with Crippen LogP contribution in [0.15, 0.2) is 35.4 Å². The molecule has 3 aromatic rings. The minimum atomic E-state index is -2.88. The Hall–Kier alpha value is -2.48. The highest BCUT2D eigenvalue weighted by molar-refractivity contribution is 7.57. The molecule has 0 spiro atoms. The van der Waals surface area contributed by atoms with Crippen LogP contribution < -0.4 is 11.3 Å². The third-order valence-corrected chi connectivity index (χ3v) is 5.25. The maximum atomic E-state index is 12.5. The fraction of sp³-hybridized carbons (Fsp3) is 0.353. The highest BCUT2D eigenvalue weighted by Crippen LogP contribution is 2.43. The molecule has 1 atom stereocenters. The molecule has 3 N–H and O–H groups in total. The smallest absolute Gasteiger partial charge is 0.280 e. The summed E-state index contributed by atoms with van der Waals surface area (Å²) in [6.45, 7) is 4.49. The second kappa shape index (κ2) is 8.04. The van der Waals surface area contributed by atoms with Gasteiger partial charge in [-0.2, -0.15) is 4.98 Å². The molecule has 0 aliphatic rings. The zero-order valence-corrected chi connectivity index (χ0v) is 16.1. The van der Waals surface area contributed by atoms with Gasteiger partial charge in [-0.3, -0.25) is 14.3 Å². The number of rotatable bonds is 8. The average Bonchev–Trinajstić information content (AvgIpc) is 3.01. The van der Waals surface area contributed by atoms with Crippen molar-refractivity contribution < 1.29 is 13.8 Å². The number of aromatic nitrogens is 4. The van der Waals surface area contributed by atoms with E-state index in [0.29, 0.717) is 12.2 Å². The van der Waals surface area contributed by atoms with Gasteiger partial charge in [-0.1, -0.05) is 29.8 Å². The number of benzene rings is 1. The SMILES string of the molecule is Cc1ccc(COP(C)(=O)COCCn2cnc3c(=O)[nH]c(N)nc32)cc1. The number of aryl methyl sites for hydroxylation is 1. The van der Waals surface area contributed by atoms with Gasteiger partial charge in [0, 0.05) is 13.2 Å². The van der Waals surface area contributed by atoms with Crippen LogP contribution in [-0.2, 0) is 27.0 Å². The fourth-order valence-corrected chi connectivity index (χ4v) is 3.42. The Kier molecular flexibility index (Phi) is 5.74. The van der Waals surface area contributed by atoms with Crippen LogP contribution in [0.1, 0.15) is 11.1 Å². The molecule has 0 saturated heterocycles. The number of hydrogen-bond acceptors (Lipinski definition) is 7. The summed E-state index contributed by atoms with van der Waals surface area (Å²) in [6, 6.07) is 7.86. The molecule has 2 heterocycles. The average molecular weight is 391 g/mol. The van der Waals surface area contributed by atoms with Crippen molar-refractivity contribution in [3.63, 3.8) is 0 Å². The van der Waals surface area contributed by atoms with Gasteiger partial charge in [-0.25, -0.2) is 4.98 Å². The number of nitrogens with one attached hydrogen (secondary N) is 1. The lowest BCUT2D eigenvalue weighted by atomic mass is 10.2. The zero-order chi connectivity index (χ0) is 19.4. The molecule has 0 bridgehead atoms. The summed E-state index contributed by atoms with van der Waals surface area (Å²) in [5.74, 6) is 0.0257. The van der Waals surface area contributed by atoms with E-state index < -0.39 is 7.37 Å². The quantitative estimate of drug-likeness (QED) is 0.445. The first-order valence-electron chi connectivity index (χ1n) is 8.39. The molecule has 0 amide bonds. The minimum Gasteiger partial charge on any atom is -0.370 e. The third-order valence-electron chi connectivity index (χ3n) is 3.92. The predicted octanol–water partition coefficient (Wildman–Crippen LogP) is 2.11. The Morgan fingerprint density at radius 3 is 2.78 bits per heavy atom. The standard InChI is InChI=1S/C17H22N5O4P/c1-12-3-5-13(6-4-12)9-26-27(2,24)11-25-8-7-22-10-19-14-15(22)20-17(18)21-16(14)23/h3-6,10H,7-9,11H2,1-2H3,(H3,18,20,21,23). The van der Waals surface area contributed by atoms with Crippen LogP contribution in [0.3, 0.4) is 0 Å². The van der Waals surface area contributed by atoms with E-state index in [4.69, 9.17) is 15.0 Å². The van der Waals surface area contributed by atoms with Crippen molar-refractivity contribution in [1.82, 2.24) is 19.5 Å². The lowest BCUT2D eigenvalue weighted by molar-refractivity contribution is 0.153. The number of imidazole rings is 1. The molecule has 0 saturated carbocycles. The molecule has 0 radical (unpaired) electrons. The topological polar surface area (TPSA) is 125 Å². The van der Waals surface area contributed by atoms with Gasteiger partial charge >= 0.3 is 0 Å². The molecule has 0 fully saturated rings. The van der Waals surface area contributed by atoms with Gasteiger partial charge < -0.3 is 19.6 Å². The van der Waals surface area contributed by atoms with Gasteiger partial charge in [0.2, 0.25) is 13.3 Å². The number of ether oxygens (including phenoxy) is 1. The lowest BCUT2D eigenvalue weighted by Crippen LogP contribution is -2.13. The second-order valence-electron chi connectivity index (χ2n) is 6.37. The Morgan fingerprint density at radius 2 is 2.04 bits per heavy atom. The molecule has 1 aromatic carbocycles. The van der Waals surface area contributed by atoms with E-state index in [-0.39, 0.29) is 36.6 Å². The van der Waals surface area contributed by atoms with Crippen LogP contribution in [0.2, 0.25) is 0 Å². The largest absolute Gasteiger partial charge is 0.370 e. The summed E-state index contributed by atoms with van der Waals surface area (Å²) in [4.78, 5) is 22.2. The molecule has 27 heavy (non-hydrogen) atoms. The van der Waals surface area contributed by atoms with E-state index in [1.165, 1.54) is 6.33 Å². The number of hydrogen-bond donors (Lipinski definition) is 2. The maximum absolute atomic E-state index is 12.5. The summed E-state index contributed by atoms with van der Waals surface area (Å²) in [6.07, 6.45) is 1.50. The first kappa shape index (κ1) is 19.3. The Morgan fingerprint density at radius 1 is 1.30 bits per heavy atom. The Labute approximate surface area is 156 Å². The molecule has 0 aliphatic carbocycles. The number of nitrogens with two attached hydrogens (primary N) is 1. The number of fused-ring (bicyclic) bond motifs is 1. The van der Waals surface area contributed by atoms with Gasteiger partial charge in [0.25, 0.3) is 5.56 Å². The van der Waals surface area contributed by atoms with Crippen LogP contribution in [0.4, 0.5) is 5.95 Å². The summed E-state index contributed by atoms with van der Waals surface area (Å²) in [5, 5.41) is 0. The van der Waals surface area contributed by atoms with E-state index in [1.807, 2.05) is 31.2 Å². The van der Waals surface area contributed by atoms with Crippen LogP contribution in [-0.4, -0.2) is 39.1 Å². The van der Waals surface area contributed by atoms with E-state index in [9.17, 15) is 9.36 Å². The molecule has 0 aliphatic heterocycles. The van der Waals surface area contributed by atoms with Crippen molar-refractivity contribution in [2.75, 3.05) is 25.4 Å². The van der Waals surface area contributed by atoms with Crippen molar-refractivity contribution >= 4 is 24.5 Å². The van der Waals surface area contributed by atoms with E-state index >= 15 is 0 Å². The van der Waals surface area contributed by atoms with Gasteiger partial charge in [-0.15, -0.1) is 0 Å². The van der Waals surface area contributed by atoms with Crippen molar-refractivity contribution in [3.05, 3.63) is 52.1 Å². The normalized spacial score (nSPS) is 13.7. The third kappa shape index (κ3) is 5.03. The van der Waals surface area contributed by atoms with Gasteiger partial charge in [0.15, 0.2) is 11.2 Å². The Balaban J connectivity index is 1.50. The number of aromatic amines is 1. The first-order chi connectivity index (χ1) is 12.8. The van der Waals surface area contributed by atoms with Crippen molar-refractivity contribution in [2.45, 2.75) is 20.1 Å². The molecule has 10 heteroatoms. The van der Waals surface area contributed by atoms with Crippen molar-refractivity contribution in [1.29, 1.82) is 0 Å². The van der Waals surface area contributed by atoms with Gasteiger partial charge in [0.05, 0.1) is 19.5 Å². The summed E-state index contributed by atoms with van der Waals surface area (Å²) in [5.41, 5.74) is 7.89. The summed E-state index contributed by atoms with van der Waals surface area (Å²) < 4.78 is 25.2. The van der Waals surface area contributed by atoms with Crippen LogP contribution in [0, 0.1) is 6.92 Å². The maximum Gasteiger partial charge on any atom is 0.280 e. The van der Waals surface area contributed by atoms with Crippen LogP contribution in [0.5, 0.6) is 0 Å². The number of H-pyrrole nitrogens is 1. The van der Waals surface area contributed by atoms with Gasteiger partial charge in [0.1, 0.15) is 6.35 Å². The lowest BCUT2D eigenvalue weighted by Gasteiger charge is -2.14. The minimum absolute atomic E-state index is 0.00163. The predicted molar refractivity (Wildman–Crippen MR) is 103 cm³/mol. The molecule has 144 valence electrons. The monoisotopic (exact) mass is 391 g/mol. The van der Waals surface area contributed by atoms with Crippen LogP contribution >= 0.6 is 7.37 Å². The molecular formula is C17H22N5O4P. The molecule has 2 aromatic heterocycles. The first-order valence-corrected chi connectivity index (χ1v) is 10.6. The molecule has 1 unspecified atom stereocenters. The van der Waals surface area contributed by atoms with Crippen molar-refractivity contribution in [2.24, 2.45) is 0 Å². The summed E-state index contributed by atoms with van der Waals surface area (Å²) in [7, 11) is -2.88. The van der Waals surface area contributed by atoms with E-state index in [2.05, 4.69) is 15.0 Å². The Bertz CT molecular complexity index is 1030. The van der Waals surface area contributed by atoms with E-state index in [0.717, 1.165) is 11.1 Å². The van der Waals surface area contributed by atoms with E-state index in [1.54, 1.807) is 11.2 Å². The molecule has 9 nitrogen and oxygen atoms in total. The number of anilines is 1. The highest BCUT2D eigenvalue weighted by Gasteiger charge is 2.17. The number of nitrogens with zero attached hydrogens (tertiary/aromatic N) is 3.